The summed E-state index contributed by atoms with van der Waals surface area (Å²) in [6.45, 7) is 5.22. The zero-order valence-electron chi connectivity index (χ0n) is 15.6. The van der Waals surface area contributed by atoms with E-state index in [1.54, 1.807) is 30.5 Å². The van der Waals surface area contributed by atoms with Gasteiger partial charge in [0, 0.05) is 59.6 Å². The minimum Gasteiger partial charge on any atom is -0.342 e. The van der Waals surface area contributed by atoms with Crippen LogP contribution in [0.25, 0.3) is 0 Å². The van der Waals surface area contributed by atoms with Crippen molar-refractivity contribution in [2.75, 3.05) is 32.4 Å². The van der Waals surface area contributed by atoms with Crippen molar-refractivity contribution >= 4 is 22.6 Å². The fourth-order valence-electron chi connectivity index (χ4n) is 3.95. The van der Waals surface area contributed by atoms with Crippen molar-refractivity contribution in [1.82, 2.24) is 9.80 Å². The number of nitrogens with zero attached hydrogens (tertiary/aromatic N) is 2. The van der Waals surface area contributed by atoms with Crippen LogP contribution in [-0.4, -0.2) is 58.3 Å². The molecule has 142 valence electrons. The van der Waals surface area contributed by atoms with Gasteiger partial charge < -0.3 is 9.80 Å². The molecule has 0 aliphatic carbocycles. The molecule has 2 unspecified atom stereocenters. The van der Waals surface area contributed by atoms with Gasteiger partial charge in [0.05, 0.1) is 0 Å². The smallest absolute Gasteiger partial charge is 0.253 e. The number of hydrogen-bond acceptors (Lipinski definition) is 3. The van der Waals surface area contributed by atoms with E-state index in [-0.39, 0.29) is 17.7 Å². The van der Waals surface area contributed by atoms with Crippen LogP contribution in [0.15, 0.2) is 29.2 Å². The molecule has 0 saturated carbocycles. The van der Waals surface area contributed by atoms with Crippen LogP contribution in [0.4, 0.5) is 0 Å². The Hall–Kier alpha value is -1.69. The first kappa shape index (κ1) is 19.1. The zero-order chi connectivity index (χ0) is 18.7. The number of rotatable bonds is 3. The predicted octanol–water partition coefficient (Wildman–Crippen LogP) is 2.53. The van der Waals surface area contributed by atoms with Crippen LogP contribution < -0.4 is 0 Å². The number of hydrogen-bond donors (Lipinski definition) is 0. The van der Waals surface area contributed by atoms with Crippen molar-refractivity contribution in [3.8, 4) is 0 Å². The summed E-state index contributed by atoms with van der Waals surface area (Å²) in [6, 6.07) is 6.98. The molecular weight excluding hydrogens is 348 g/mol. The van der Waals surface area contributed by atoms with Crippen LogP contribution in [-0.2, 0) is 15.6 Å². The molecule has 3 rings (SSSR count). The van der Waals surface area contributed by atoms with Gasteiger partial charge in [-0.1, -0.05) is 6.92 Å². The average molecular weight is 377 g/mol. The molecule has 2 saturated heterocycles. The van der Waals surface area contributed by atoms with E-state index in [1.165, 1.54) is 6.42 Å². The van der Waals surface area contributed by atoms with Crippen LogP contribution in [0, 0.1) is 11.8 Å². The summed E-state index contributed by atoms with van der Waals surface area (Å²) in [6.07, 6.45) is 5.42. The average Bonchev–Trinajstić information content (AvgIpc) is 2.67. The summed E-state index contributed by atoms with van der Waals surface area (Å²) in [7, 11) is -1.04. The quantitative estimate of drug-likeness (QED) is 0.815. The lowest BCUT2D eigenvalue weighted by Gasteiger charge is -2.37. The Morgan fingerprint density at radius 3 is 2.23 bits per heavy atom. The molecule has 2 fully saturated rings. The van der Waals surface area contributed by atoms with E-state index in [2.05, 4.69) is 6.92 Å². The first-order valence-corrected chi connectivity index (χ1v) is 11.0. The highest BCUT2D eigenvalue weighted by Gasteiger charge is 2.32. The van der Waals surface area contributed by atoms with Gasteiger partial charge >= 0.3 is 0 Å². The number of piperidine rings is 2. The Morgan fingerprint density at radius 1 is 1.00 bits per heavy atom. The molecule has 1 aromatic rings. The lowest BCUT2D eigenvalue weighted by Crippen LogP contribution is -2.47. The number of likely N-dealkylation sites (tertiary alicyclic amines) is 2. The summed E-state index contributed by atoms with van der Waals surface area (Å²) in [5, 5.41) is 0. The highest BCUT2D eigenvalue weighted by molar-refractivity contribution is 7.84. The molecule has 2 amide bonds. The van der Waals surface area contributed by atoms with Crippen LogP contribution in [0.2, 0.25) is 0 Å². The summed E-state index contributed by atoms with van der Waals surface area (Å²) in [5.74, 6) is 0.915. The molecule has 0 spiro atoms. The fraction of sp³-hybridized carbons (Fsp3) is 0.600. The van der Waals surface area contributed by atoms with Crippen molar-refractivity contribution in [3.05, 3.63) is 29.8 Å². The second kappa shape index (κ2) is 8.33. The second-order valence-electron chi connectivity index (χ2n) is 7.58. The minimum atomic E-state index is -1.04. The fourth-order valence-corrected chi connectivity index (χ4v) is 4.47. The van der Waals surface area contributed by atoms with Crippen molar-refractivity contribution < 1.29 is 13.8 Å². The van der Waals surface area contributed by atoms with Gasteiger partial charge in [-0.25, -0.2) is 0 Å². The highest BCUT2D eigenvalue weighted by atomic mass is 32.2. The molecule has 5 nitrogen and oxygen atoms in total. The van der Waals surface area contributed by atoms with Gasteiger partial charge in [-0.2, -0.15) is 0 Å². The highest BCUT2D eigenvalue weighted by Crippen LogP contribution is 2.24. The summed E-state index contributed by atoms with van der Waals surface area (Å²) >= 11 is 0. The van der Waals surface area contributed by atoms with E-state index >= 15 is 0 Å². The molecule has 2 aliphatic rings. The van der Waals surface area contributed by atoms with Crippen molar-refractivity contribution in [1.29, 1.82) is 0 Å². The molecule has 26 heavy (non-hydrogen) atoms. The molecule has 2 heterocycles. The summed E-state index contributed by atoms with van der Waals surface area (Å²) in [4.78, 5) is 30.0. The SMILES string of the molecule is CC1CCCN(C(=O)C2CCN(C(=O)c3ccc(S(C)=O)cc3)CC2)C1. The van der Waals surface area contributed by atoms with Crippen molar-refractivity contribution in [2.24, 2.45) is 11.8 Å². The zero-order valence-corrected chi connectivity index (χ0v) is 16.5. The van der Waals surface area contributed by atoms with Crippen LogP contribution >= 0.6 is 0 Å². The lowest BCUT2D eigenvalue weighted by atomic mass is 9.92. The van der Waals surface area contributed by atoms with Gasteiger partial charge in [0.2, 0.25) is 5.91 Å². The number of benzene rings is 1. The predicted molar refractivity (Wildman–Crippen MR) is 102 cm³/mol. The normalized spacial score (nSPS) is 22.9. The maximum absolute atomic E-state index is 12.7. The Bertz CT molecular complexity index is 681. The molecule has 0 N–H and O–H groups in total. The molecule has 0 radical (unpaired) electrons. The molecular formula is C20H28N2O3S. The van der Waals surface area contributed by atoms with Crippen LogP contribution in [0.5, 0.6) is 0 Å². The Kier molecular flexibility index (Phi) is 6.12. The third-order valence-corrected chi connectivity index (χ3v) is 6.47. The van der Waals surface area contributed by atoms with Gasteiger partial charge in [0.1, 0.15) is 0 Å². The van der Waals surface area contributed by atoms with Crippen LogP contribution in [0.1, 0.15) is 43.0 Å². The van der Waals surface area contributed by atoms with E-state index in [9.17, 15) is 13.8 Å². The van der Waals surface area contributed by atoms with Gasteiger partial charge in [-0.15, -0.1) is 0 Å². The third kappa shape index (κ3) is 4.34. The number of carbonyl (C=O) groups excluding carboxylic acids is 2. The van der Waals surface area contributed by atoms with E-state index in [1.807, 2.05) is 9.80 Å². The minimum absolute atomic E-state index is 0.00377. The molecule has 2 aliphatic heterocycles. The standard InChI is InChI=1S/C20H28N2O3S/c1-15-4-3-11-22(14-15)20(24)17-9-12-21(13-10-17)19(23)16-5-7-18(8-6-16)26(2)25/h5-8,15,17H,3-4,9-14H2,1-2H3. The molecule has 0 aromatic heterocycles. The van der Waals surface area contributed by atoms with E-state index in [0.29, 0.717) is 24.6 Å². The number of carbonyl (C=O) groups is 2. The largest absolute Gasteiger partial charge is 0.342 e. The van der Waals surface area contributed by atoms with Gasteiger partial charge in [-0.05, 0) is 55.9 Å². The van der Waals surface area contributed by atoms with Crippen LogP contribution in [0.3, 0.4) is 0 Å². The number of amides is 2. The molecule has 2 atom stereocenters. The Balaban J connectivity index is 1.55. The van der Waals surface area contributed by atoms with Crippen molar-refractivity contribution in [2.45, 2.75) is 37.5 Å². The topological polar surface area (TPSA) is 57.7 Å². The summed E-state index contributed by atoms with van der Waals surface area (Å²) in [5.41, 5.74) is 0.619. The summed E-state index contributed by atoms with van der Waals surface area (Å²) < 4.78 is 11.5. The first-order chi connectivity index (χ1) is 12.5. The third-order valence-electron chi connectivity index (χ3n) is 5.53. The Labute approximate surface area is 158 Å². The van der Waals surface area contributed by atoms with E-state index < -0.39 is 10.8 Å². The molecule has 1 aromatic carbocycles. The van der Waals surface area contributed by atoms with E-state index in [4.69, 9.17) is 0 Å². The van der Waals surface area contributed by atoms with Crippen molar-refractivity contribution in [3.63, 3.8) is 0 Å². The monoisotopic (exact) mass is 376 g/mol. The van der Waals surface area contributed by atoms with Gasteiger partial charge in [-0.3, -0.25) is 13.8 Å². The molecule has 0 bridgehead atoms. The van der Waals surface area contributed by atoms with Gasteiger partial charge in [0.15, 0.2) is 0 Å². The van der Waals surface area contributed by atoms with Gasteiger partial charge in [0.25, 0.3) is 5.91 Å². The lowest BCUT2D eigenvalue weighted by molar-refractivity contribution is -0.138. The van der Waals surface area contributed by atoms with E-state index in [0.717, 1.165) is 37.2 Å². The maximum atomic E-state index is 12.7. The first-order valence-electron chi connectivity index (χ1n) is 9.47. The maximum Gasteiger partial charge on any atom is 0.253 e. The Morgan fingerprint density at radius 2 is 1.65 bits per heavy atom. The molecule has 6 heteroatoms. The second-order valence-corrected chi connectivity index (χ2v) is 8.96.